The van der Waals surface area contributed by atoms with Crippen LogP contribution in [0.25, 0.3) is 16.7 Å². The van der Waals surface area contributed by atoms with Crippen LogP contribution in [0.3, 0.4) is 0 Å². The molecule has 8 heteroatoms. The molecule has 0 bridgehead atoms. The lowest BCUT2D eigenvalue weighted by atomic mass is 10.0. The summed E-state index contributed by atoms with van der Waals surface area (Å²) in [6.07, 6.45) is 9.15. The lowest BCUT2D eigenvalue weighted by Crippen LogP contribution is -2.33. The molecule has 1 N–H and O–H groups in total. The quantitative estimate of drug-likeness (QED) is 0.518. The van der Waals surface area contributed by atoms with E-state index in [0.717, 1.165) is 41.0 Å². The van der Waals surface area contributed by atoms with E-state index in [1.807, 2.05) is 45.6 Å². The lowest BCUT2D eigenvalue weighted by molar-refractivity contribution is -0.131. The molecule has 1 aromatic carbocycles. The summed E-state index contributed by atoms with van der Waals surface area (Å²) in [6.45, 7) is 3.24. The normalized spacial score (nSPS) is 19.0. The average molecular weight is 419 g/mol. The van der Waals surface area contributed by atoms with Crippen molar-refractivity contribution in [2.24, 2.45) is 5.92 Å². The van der Waals surface area contributed by atoms with E-state index in [9.17, 15) is 9.90 Å². The highest BCUT2D eigenvalue weighted by atomic mass is 16.3. The number of β-amino-alcohol motifs (C(OH)–C–C–N with tert-alkyl or cyclic N) is 1. The molecule has 8 nitrogen and oxygen atoms in total. The van der Waals surface area contributed by atoms with Gasteiger partial charge in [0.2, 0.25) is 5.91 Å². The number of rotatable bonds is 6. The smallest absolute Gasteiger partial charge is 0.242 e. The Morgan fingerprint density at radius 2 is 2.10 bits per heavy atom. The SMILES string of the molecule is CCCc1nc2ccccc2n1CC(=O)N1C[C@H](Cc2cn3ccnc3cn2)[C@H](O)C1. The van der Waals surface area contributed by atoms with E-state index in [2.05, 4.69) is 16.9 Å². The highest BCUT2D eigenvalue weighted by molar-refractivity contribution is 5.81. The zero-order valence-electron chi connectivity index (χ0n) is 17.6. The zero-order chi connectivity index (χ0) is 21.4. The van der Waals surface area contributed by atoms with Crippen molar-refractivity contribution in [2.45, 2.75) is 38.8 Å². The number of benzene rings is 1. The average Bonchev–Trinajstić information content (AvgIpc) is 3.46. The number of carbonyl (C=O) groups excluding carboxylic acids is 1. The van der Waals surface area contributed by atoms with E-state index in [1.54, 1.807) is 17.3 Å². The van der Waals surface area contributed by atoms with Crippen LogP contribution in [-0.4, -0.2) is 59.0 Å². The van der Waals surface area contributed by atoms with Crippen LogP contribution < -0.4 is 0 Å². The predicted octanol–water partition coefficient (Wildman–Crippen LogP) is 2.09. The van der Waals surface area contributed by atoms with Crippen molar-refractivity contribution in [1.29, 1.82) is 0 Å². The second kappa shape index (κ2) is 8.11. The number of para-hydroxylation sites is 2. The predicted molar refractivity (Wildman–Crippen MR) is 116 cm³/mol. The summed E-state index contributed by atoms with van der Waals surface area (Å²) in [5, 5.41) is 10.6. The highest BCUT2D eigenvalue weighted by Gasteiger charge is 2.34. The molecule has 1 amide bonds. The maximum absolute atomic E-state index is 13.1. The first kappa shape index (κ1) is 19.7. The number of aryl methyl sites for hydroxylation is 1. The molecule has 0 aliphatic carbocycles. The van der Waals surface area contributed by atoms with Gasteiger partial charge in [-0.1, -0.05) is 19.1 Å². The fourth-order valence-corrected chi connectivity index (χ4v) is 4.45. The van der Waals surface area contributed by atoms with Gasteiger partial charge in [0.05, 0.1) is 29.0 Å². The van der Waals surface area contributed by atoms with Crippen LogP contribution in [0.4, 0.5) is 0 Å². The molecule has 0 spiro atoms. The van der Waals surface area contributed by atoms with Gasteiger partial charge in [-0.05, 0) is 25.0 Å². The van der Waals surface area contributed by atoms with Crippen molar-refractivity contribution in [3.63, 3.8) is 0 Å². The number of imidazole rings is 2. The van der Waals surface area contributed by atoms with Gasteiger partial charge < -0.3 is 19.0 Å². The lowest BCUT2D eigenvalue weighted by Gasteiger charge is -2.18. The van der Waals surface area contributed by atoms with Crippen LogP contribution in [0.15, 0.2) is 49.1 Å². The van der Waals surface area contributed by atoms with E-state index in [1.165, 1.54) is 0 Å². The molecule has 1 aliphatic rings. The number of aliphatic hydroxyl groups is 1. The number of likely N-dealkylation sites (tertiary alicyclic amines) is 1. The minimum Gasteiger partial charge on any atom is -0.391 e. The van der Waals surface area contributed by atoms with Crippen LogP contribution in [0, 0.1) is 5.92 Å². The molecule has 31 heavy (non-hydrogen) atoms. The molecule has 160 valence electrons. The van der Waals surface area contributed by atoms with E-state index in [4.69, 9.17) is 4.98 Å². The van der Waals surface area contributed by atoms with Gasteiger partial charge in [-0.25, -0.2) is 9.97 Å². The van der Waals surface area contributed by atoms with Crippen molar-refractivity contribution in [3.8, 4) is 0 Å². The fourth-order valence-electron chi connectivity index (χ4n) is 4.45. The van der Waals surface area contributed by atoms with Crippen LogP contribution >= 0.6 is 0 Å². The second-order valence-electron chi connectivity index (χ2n) is 8.25. The van der Waals surface area contributed by atoms with Gasteiger partial charge in [-0.15, -0.1) is 0 Å². The Bertz CT molecular complexity index is 1230. The first-order valence-corrected chi connectivity index (χ1v) is 10.8. The number of aromatic nitrogens is 5. The van der Waals surface area contributed by atoms with E-state index in [-0.39, 0.29) is 18.4 Å². The Morgan fingerprint density at radius 1 is 1.23 bits per heavy atom. The van der Waals surface area contributed by atoms with Gasteiger partial charge >= 0.3 is 0 Å². The number of amides is 1. The van der Waals surface area contributed by atoms with Crippen LogP contribution in [0.1, 0.15) is 24.9 Å². The molecular formula is C23H26N6O2. The summed E-state index contributed by atoms with van der Waals surface area (Å²) in [6, 6.07) is 7.93. The fraction of sp³-hybridized carbons (Fsp3) is 0.391. The Hall–Kier alpha value is -3.26. The van der Waals surface area contributed by atoms with Crippen LogP contribution in [0.2, 0.25) is 0 Å². The van der Waals surface area contributed by atoms with Crippen molar-refractivity contribution in [2.75, 3.05) is 13.1 Å². The number of hydrogen-bond acceptors (Lipinski definition) is 5. The molecule has 0 unspecified atom stereocenters. The minimum atomic E-state index is -0.557. The Labute approximate surface area is 180 Å². The Kier molecular flexibility index (Phi) is 5.15. The number of hydrogen-bond donors (Lipinski definition) is 1. The number of aliphatic hydroxyl groups excluding tert-OH is 1. The first-order chi connectivity index (χ1) is 15.1. The Morgan fingerprint density at radius 3 is 2.97 bits per heavy atom. The topological polar surface area (TPSA) is 88.6 Å². The summed E-state index contributed by atoms with van der Waals surface area (Å²) in [7, 11) is 0. The third-order valence-electron chi connectivity index (χ3n) is 6.06. The number of fused-ring (bicyclic) bond motifs is 2. The van der Waals surface area contributed by atoms with E-state index >= 15 is 0 Å². The summed E-state index contributed by atoms with van der Waals surface area (Å²) < 4.78 is 3.95. The molecule has 4 heterocycles. The van der Waals surface area contributed by atoms with Gasteiger partial charge in [0, 0.05) is 44.0 Å². The summed E-state index contributed by atoms with van der Waals surface area (Å²) in [5.41, 5.74) is 3.57. The van der Waals surface area contributed by atoms with Crippen molar-refractivity contribution >= 4 is 22.6 Å². The standard InChI is InChI=1S/C23H26N6O2/c1-2-5-21-26-18-6-3-4-7-19(18)29(21)15-23(31)28-12-16(20(30)14-28)10-17-13-27-9-8-24-22(27)11-25-17/h3-4,6-9,11,13,16,20,30H,2,5,10,12,14-15H2,1H3/t16-,20+/m0/s1. The van der Waals surface area contributed by atoms with Crippen LogP contribution in [0.5, 0.6) is 0 Å². The molecular weight excluding hydrogens is 392 g/mol. The molecule has 0 saturated carbocycles. The molecule has 2 atom stereocenters. The molecule has 5 rings (SSSR count). The van der Waals surface area contributed by atoms with Gasteiger partial charge in [-0.3, -0.25) is 9.78 Å². The van der Waals surface area contributed by atoms with Crippen molar-refractivity contribution in [1.82, 2.24) is 28.8 Å². The molecule has 0 radical (unpaired) electrons. The number of nitrogens with zero attached hydrogens (tertiary/aromatic N) is 6. The van der Waals surface area contributed by atoms with Gasteiger partial charge in [0.25, 0.3) is 0 Å². The monoisotopic (exact) mass is 418 g/mol. The largest absolute Gasteiger partial charge is 0.391 e. The Balaban J connectivity index is 1.30. The summed E-state index contributed by atoms with van der Waals surface area (Å²) >= 11 is 0. The molecule has 4 aromatic rings. The second-order valence-corrected chi connectivity index (χ2v) is 8.25. The first-order valence-electron chi connectivity index (χ1n) is 10.8. The molecule has 1 saturated heterocycles. The van der Waals surface area contributed by atoms with Gasteiger partial charge in [0.15, 0.2) is 5.65 Å². The molecule has 3 aromatic heterocycles. The van der Waals surface area contributed by atoms with Crippen molar-refractivity contribution < 1.29 is 9.90 Å². The molecule has 1 aliphatic heterocycles. The van der Waals surface area contributed by atoms with E-state index in [0.29, 0.717) is 19.5 Å². The minimum absolute atomic E-state index is 0.0140. The third-order valence-corrected chi connectivity index (χ3v) is 6.06. The molecule has 1 fully saturated rings. The maximum atomic E-state index is 13.1. The zero-order valence-corrected chi connectivity index (χ0v) is 17.6. The highest BCUT2D eigenvalue weighted by Crippen LogP contribution is 2.23. The van der Waals surface area contributed by atoms with Crippen LogP contribution in [-0.2, 0) is 24.2 Å². The third kappa shape index (κ3) is 3.79. The van der Waals surface area contributed by atoms with Crippen molar-refractivity contribution in [3.05, 3.63) is 60.6 Å². The van der Waals surface area contributed by atoms with E-state index < -0.39 is 6.10 Å². The maximum Gasteiger partial charge on any atom is 0.242 e. The number of carbonyl (C=O) groups is 1. The summed E-state index contributed by atoms with van der Waals surface area (Å²) in [5.74, 6) is 0.915. The summed E-state index contributed by atoms with van der Waals surface area (Å²) in [4.78, 5) is 28.3. The van der Waals surface area contributed by atoms with Gasteiger partial charge in [-0.2, -0.15) is 0 Å². The van der Waals surface area contributed by atoms with Gasteiger partial charge in [0.1, 0.15) is 12.4 Å².